The van der Waals surface area contributed by atoms with Gasteiger partial charge >= 0.3 is 0 Å². The molecule has 0 saturated carbocycles. The predicted octanol–water partition coefficient (Wildman–Crippen LogP) is 4.98. The zero-order valence-electron chi connectivity index (χ0n) is 16.9. The number of aromatic nitrogens is 1. The van der Waals surface area contributed by atoms with Crippen LogP contribution in [0.2, 0.25) is 0 Å². The Hall–Kier alpha value is -2.07. The molecular formula is C21H24N4O2S3. The topological polar surface area (TPSA) is 74.7 Å². The van der Waals surface area contributed by atoms with Crippen molar-refractivity contribution in [3.8, 4) is 11.3 Å². The fourth-order valence-corrected chi connectivity index (χ4v) is 6.72. The van der Waals surface area contributed by atoms with Gasteiger partial charge < -0.3 is 0 Å². The van der Waals surface area contributed by atoms with E-state index in [4.69, 9.17) is 0 Å². The van der Waals surface area contributed by atoms with Gasteiger partial charge in [-0.3, -0.25) is 5.43 Å². The van der Waals surface area contributed by atoms with E-state index in [2.05, 4.69) is 29.4 Å². The third-order valence-corrected chi connectivity index (χ3v) is 8.38. The smallest absolute Gasteiger partial charge is 0.243 e. The molecule has 158 valence electrons. The van der Waals surface area contributed by atoms with Crippen molar-refractivity contribution in [1.29, 1.82) is 0 Å². The number of rotatable bonds is 6. The molecule has 1 saturated heterocycles. The summed E-state index contributed by atoms with van der Waals surface area (Å²) in [5.74, 6) is 0.738. The van der Waals surface area contributed by atoms with Crippen LogP contribution in [0.25, 0.3) is 11.3 Å². The first-order valence-electron chi connectivity index (χ1n) is 9.80. The van der Waals surface area contributed by atoms with Crippen LogP contribution in [0.5, 0.6) is 0 Å². The molecule has 4 rings (SSSR count). The lowest BCUT2D eigenvalue weighted by molar-refractivity contribution is 0.222. The van der Waals surface area contributed by atoms with Crippen LogP contribution < -0.4 is 5.43 Å². The highest BCUT2D eigenvalue weighted by Gasteiger charge is 2.31. The molecule has 1 aromatic carbocycles. The van der Waals surface area contributed by atoms with Crippen molar-refractivity contribution in [2.45, 2.75) is 25.2 Å². The Bertz CT molecular complexity index is 1110. The summed E-state index contributed by atoms with van der Waals surface area (Å²) < 4.78 is 28.0. The van der Waals surface area contributed by atoms with Crippen LogP contribution in [0.3, 0.4) is 0 Å². The van der Waals surface area contributed by atoms with Gasteiger partial charge in [-0.15, -0.1) is 22.7 Å². The molecule has 0 bridgehead atoms. The molecule has 9 heteroatoms. The summed E-state index contributed by atoms with van der Waals surface area (Å²) in [6.45, 7) is 5.37. The largest absolute Gasteiger partial charge is 0.253 e. The van der Waals surface area contributed by atoms with E-state index in [1.54, 1.807) is 40.1 Å². The minimum Gasteiger partial charge on any atom is -0.253 e. The second-order valence-corrected chi connectivity index (χ2v) is 11.5. The van der Waals surface area contributed by atoms with E-state index in [1.807, 2.05) is 29.0 Å². The highest BCUT2D eigenvalue weighted by Crippen LogP contribution is 2.30. The summed E-state index contributed by atoms with van der Waals surface area (Å²) in [5.41, 5.74) is 4.44. The molecule has 6 nitrogen and oxygen atoms in total. The molecule has 2 atom stereocenters. The second kappa shape index (κ2) is 8.97. The summed E-state index contributed by atoms with van der Waals surface area (Å²) in [7, 11) is -3.52. The third-order valence-electron chi connectivity index (χ3n) is 5.00. The maximum Gasteiger partial charge on any atom is 0.243 e. The standard InChI is InChI=1S/C21H24N4O2S3/c1-15-9-16(2)13-25(12-15)30(26,27)19-7-3-5-17(10-19)20-14-29-21(23-20)24-22-11-18-6-4-8-28-18/h3-8,10-11,14-16H,9,12-13H2,1-2H3,(H,23,24)/b22-11+. The minimum atomic E-state index is -3.52. The van der Waals surface area contributed by atoms with Crippen molar-refractivity contribution in [3.05, 3.63) is 52.0 Å². The van der Waals surface area contributed by atoms with Gasteiger partial charge in [0.2, 0.25) is 15.2 Å². The minimum absolute atomic E-state index is 0.319. The Kier molecular flexibility index (Phi) is 6.33. The van der Waals surface area contributed by atoms with E-state index in [0.717, 1.165) is 22.6 Å². The molecule has 0 amide bonds. The number of hydrogen-bond donors (Lipinski definition) is 1. The molecule has 2 unspecified atom stereocenters. The molecule has 0 spiro atoms. The first-order chi connectivity index (χ1) is 14.4. The number of nitrogens with zero attached hydrogens (tertiary/aromatic N) is 3. The Morgan fingerprint density at radius 2 is 1.97 bits per heavy atom. The van der Waals surface area contributed by atoms with E-state index in [0.29, 0.717) is 35.0 Å². The van der Waals surface area contributed by atoms with Crippen LogP contribution in [0.4, 0.5) is 5.13 Å². The fourth-order valence-electron chi connectivity index (χ4n) is 3.74. The van der Waals surface area contributed by atoms with Crippen LogP contribution in [0.1, 0.15) is 25.1 Å². The molecule has 3 aromatic rings. The summed E-state index contributed by atoms with van der Waals surface area (Å²) in [5, 5.41) is 8.76. The second-order valence-electron chi connectivity index (χ2n) is 7.72. The first-order valence-corrected chi connectivity index (χ1v) is 13.0. The van der Waals surface area contributed by atoms with Gasteiger partial charge in [-0.05, 0) is 41.8 Å². The van der Waals surface area contributed by atoms with Gasteiger partial charge in [-0.25, -0.2) is 13.4 Å². The van der Waals surface area contributed by atoms with Crippen LogP contribution in [0.15, 0.2) is 57.2 Å². The highest BCUT2D eigenvalue weighted by molar-refractivity contribution is 7.89. The fraction of sp³-hybridized carbons (Fsp3) is 0.333. The van der Waals surface area contributed by atoms with E-state index in [-0.39, 0.29) is 0 Å². The number of nitrogens with one attached hydrogen (secondary N) is 1. The van der Waals surface area contributed by atoms with Gasteiger partial charge in [0.1, 0.15) is 0 Å². The molecule has 0 radical (unpaired) electrons. The Labute approximate surface area is 185 Å². The van der Waals surface area contributed by atoms with Gasteiger partial charge in [0.15, 0.2) is 0 Å². The summed E-state index contributed by atoms with van der Waals surface area (Å²) >= 11 is 3.04. The third kappa shape index (κ3) is 4.80. The molecule has 2 aromatic heterocycles. The van der Waals surface area contributed by atoms with Gasteiger partial charge in [-0.2, -0.15) is 9.41 Å². The maximum atomic E-state index is 13.2. The molecule has 1 N–H and O–H groups in total. The van der Waals surface area contributed by atoms with E-state index < -0.39 is 10.0 Å². The van der Waals surface area contributed by atoms with Crippen molar-refractivity contribution in [3.63, 3.8) is 0 Å². The molecular weight excluding hydrogens is 436 g/mol. The first kappa shape index (κ1) is 21.2. The average molecular weight is 461 g/mol. The van der Waals surface area contributed by atoms with E-state index in [9.17, 15) is 8.42 Å². The van der Waals surface area contributed by atoms with Crippen LogP contribution in [-0.4, -0.2) is 37.0 Å². The van der Waals surface area contributed by atoms with Gasteiger partial charge in [-0.1, -0.05) is 32.0 Å². The van der Waals surface area contributed by atoms with Crippen molar-refractivity contribution in [1.82, 2.24) is 9.29 Å². The number of anilines is 1. The monoisotopic (exact) mass is 460 g/mol. The van der Waals surface area contributed by atoms with Gasteiger partial charge in [0.05, 0.1) is 16.8 Å². The number of piperidine rings is 1. The molecule has 1 aliphatic rings. The van der Waals surface area contributed by atoms with Crippen molar-refractivity contribution < 1.29 is 8.42 Å². The molecule has 1 fully saturated rings. The average Bonchev–Trinajstić information content (AvgIpc) is 3.40. The van der Waals surface area contributed by atoms with Gasteiger partial charge in [0.25, 0.3) is 0 Å². The maximum absolute atomic E-state index is 13.2. The lowest BCUT2D eigenvalue weighted by Gasteiger charge is -2.34. The SMILES string of the molecule is CC1CC(C)CN(S(=O)(=O)c2cccc(-c3csc(N/N=C/c4cccs4)n3)c2)C1. The zero-order chi connectivity index (χ0) is 21.1. The van der Waals surface area contributed by atoms with E-state index in [1.165, 1.54) is 11.3 Å². The van der Waals surface area contributed by atoms with Crippen molar-refractivity contribution >= 4 is 44.0 Å². The lowest BCUT2D eigenvalue weighted by Crippen LogP contribution is -2.42. The zero-order valence-corrected chi connectivity index (χ0v) is 19.3. The molecule has 30 heavy (non-hydrogen) atoms. The Morgan fingerprint density at radius 3 is 2.70 bits per heavy atom. The van der Waals surface area contributed by atoms with Crippen molar-refractivity contribution in [2.24, 2.45) is 16.9 Å². The number of hydrazone groups is 1. The number of thiophene rings is 1. The number of hydrogen-bond acceptors (Lipinski definition) is 7. The van der Waals surface area contributed by atoms with Gasteiger partial charge in [0, 0.05) is 28.9 Å². The predicted molar refractivity (Wildman–Crippen MR) is 125 cm³/mol. The number of thiazole rings is 1. The Balaban J connectivity index is 1.51. The van der Waals surface area contributed by atoms with E-state index >= 15 is 0 Å². The van der Waals surface area contributed by atoms with Crippen LogP contribution in [0, 0.1) is 11.8 Å². The molecule has 3 heterocycles. The number of sulfonamides is 1. The van der Waals surface area contributed by atoms with Crippen LogP contribution in [-0.2, 0) is 10.0 Å². The summed E-state index contributed by atoms with van der Waals surface area (Å²) in [6, 6.07) is 11.0. The number of benzene rings is 1. The van der Waals surface area contributed by atoms with Crippen molar-refractivity contribution in [2.75, 3.05) is 18.5 Å². The Morgan fingerprint density at radius 1 is 1.17 bits per heavy atom. The normalized spacial score (nSPS) is 20.6. The molecule has 0 aliphatic carbocycles. The lowest BCUT2D eigenvalue weighted by atomic mass is 9.94. The highest BCUT2D eigenvalue weighted by atomic mass is 32.2. The quantitative estimate of drug-likeness (QED) is 0.416. The molecule has 1 aliphatic heterocycles. The summed E-state index contributed by atoms with van der Waals surface area (Å²) in [4.78, 5) is 5.92. The summed E-state index contributed by atoms with van der Waals surface area (Å²) in [6.07, 6.45) is 2.81. The van der Waals surface area contributed by atoms with Crippen LogP contribution >= 0.6 is 22.7 Å².